The van der Waals surface area contributed by atoms with Crippen molar-refractivity contribution in [3.05, 3.63) is 28.8 Å². The van der Waals surface area contributed by atoms with Crippen LogP contribution in [0.15, 0.2) is 12.1 Å². The van der Waals surface area contributed by atoms with Crippen LogP contribution in [0.2, 0.25) is 0 Å². The van der Waals surface area contributed by atoms with Gasteiger partial charge >= 0.3 is 0 Å². The molecule has 1 unspecified atom stereocenters. The number of ether oxygens (including phenoxy) is 1. The third-order valence-electron chi connectivity index (χ3n) is 3.49. The largest absolute Gasteiger partial charge is 0.496 e. The van der Waals surface area contributed by atoms with Crippen LogP contribution in [0.4, 0.5) is 0 Å². The highest BCUT2D eigenvalue weighted by atomic mass is 16.5. The quantitative estimate of drug-likeness (QED) is 0.767. The van der Waals surface area contributed by atoms with Gasteiger partial charge in [0.1, 0.15) is 5.75 Å². The molecule has 1 rings (SSSR count). The van der Waals surface area contributed by atoms with Crippen molar-refractivity contribution in [2.24, 2.45) is 5.92 Å². The van der Waals surface area contributed by atoms with Crippen LogP contribution in [0.3, 0.4) is 0 Å². The second-order valence-electron chi connectivity index (χ2n) is 4.94. The fourth-order valence-electron chi connectivity index (χ4n) is 2.12. The molecule has 104 valence electrons. The second kappa shape index (κ2) is 7.81. The summed E-state index contributed by atoms with van der Waals surface area (Å²) in [4.78, 5) is 0. The van der Waals surface area contributed by atoms with Gasteiger partial charge in [-0.3, -0.25) is 0 Å². The van der Waals surface area contributed by atoms with Crippen LogP contribution in [0.25, 0.3) is 0 Å². The molecule has 0 saturated carbocycles. The Bertz CT molecular complexity index is 449. The molecule has 0 amide bonds. The molecule has 1 N–H and O–H groups in total. The van der Waals surface area contributed by atoms with E-state index in [-0.39, 0.29) is 5.92 Å². The van der Waals surface area contributed by atoms with Crippen molar-refractivity contribution in [1.82, 2.24) is 5.32 Å². The third kappa shape index (κ3) is 4.57. The van der Waals surface area contributed by atoms with Crippen molar-refractivity contribution >= 4 is 0 Å². The minimum absolute atomic E-state index is 0.124. The number of hydrogen-bond donors (Lipinski definition) is 1. The van der Waals surface area contributed by atoms with Gasteiger partial charge in [0.15, 0.2) is 0 Å². The van der Waals surface area contributed by atoms with Gasteiger partial charge in [0.05, 0.1) is 19.1 Å². The number of benzene rings is 1. The van der Waals surface area contributed by atoms with Gasteiger partial charge in [-0.15, -0.1) is 0 Å². The Morgan fingerprint density at radius 3 is 2.63 bits per heavy atom. The van der Waals surface area contributed by atoms with E-state index in [1.165, 1.54) is 16.7 Å². The molecule has 1 aromatic carbocycles. The van der Waals surface area contributed by atoms with Crippen LogP contribution < -0.4 is 10.1 Å². The smallest absolute Gasteiger partial charge is 0.122 e. The molecule has 3 heteroatoms. The Morgan fingerprint density at radius 2 is 2.05 bits per heavy atom. The summed E-state index contributed by atoms with van der Waals surface area (Å²) in [5.74, 6) is 1.07. The minimum Gasteiger partial charge on any atom is -0.496 e. The molecule has 19 heavy (non-hydrogen) atoms. The van der Waals surface area contributed by atoms with Crippen LogP contribution in [0, 0.1) is 31.1 Å². The molecular formula is C16H24N2O. The highest BCUT2D eigenvalue weighted by Crippen LogP contribution is 2.22. The first-order chi connectivity index (χ1) is 9.12. The predicted octanol–water partition coefficient (Wildman–Crippen LogP) is 2.99. The van der Waals surface area contributed by atoms with E-state index >= 15 is 0 Å². The normalized spacial score (nSPS) is 11.9. The zero-order valence-electron chi connectivity index (χ0n) is 12.4. The van der Waals surface area contributed by atoms with Crippen LogP contribution in [-0.4, -0.2) is 20.2 Å². The molecule has 0 aromatic heterocycles. The Kier molecular flexibility index (Phi) is 6.38. The van der Waals surface area contributed by atoms with Gasteiger partial charge in [0.2, 0.25) is 0 Å². The van der Waals surface area contributed by atoms with E-state index < -0.39 is 0 Å². The van der Waals surface area contributed by atoms with E-state index in [0.29, 0.717) is 0 Å². The van der Waals surface area contributed by atoms with Crippen molar-refractivity contribution in [1.29, 1.82) is 5.26 Å². The van der Waals surface area contributed by atoms with Gasteiger partial charge in [0.25, 0.3) is 0 Å². The van der Waals surface area contributed by atoms with Gasteiger partial charge < -0.3 is 10.1 Å². The first kappa shape index (κ1) is 15.5. The first-order valence-corrected chi connectivity index (χ1v) is 6.86. The number of nitrogens with zero attached hydrogens (tertiary/aromatic N) is 1. The minimum atomic E-state index is 0.124. The Morgan fingerprint density at radius 1 is 1.32 bits per heavy atom. The lowest BCUT2D eigenvalue weighted by atomic mass is 10.0. The molecule has 0 heterocycles. The van der Waals surface area contributed by atoms with Gasteiger partial charge in [-0.2, -0.15) is 5.26 Å². The van der Waals surface area contributed by atoms with E-state index in [1.807, 2.05) is 6.92 Å². The molecule has 0 spiro atoms. The summed E-state index contributed by atoms with van der Waals surface area (Å²) in [6.45, 7) is 7.91. The number of nitriles is 1. The summed E-state index contributed by atoms with van der Waals surface area (Å²) in [6, 6.07) is 6.59. The van der Waals surface area contributed by atoms with Gasteiger partial charge in [0, 0.05) is 6.54 Å². The zero-order chi connectivity index (χ0) is 14.3. The third-order valence-corrected chi connectivity index (χ3v) is 3.49. The highest BCUT2D eigenvalue weighted by molar-refractivity contribution is 5.41. The topological polar surface area (TPSA) is 45.0 Å². The van der Waals surface area contributed by atoms with Crippen molar-refractivity contribution in [3.8, 4) is 11.8 Å². The number of hydrogen-bond acceptors (Lipinski definition) is 3. The molecule has 0 aliphatic heterocycles. The van der Waals surface area contributed by atoms with Crippen LogP contribution >= 0.6 is 0 Å². The lowest BCUT2D eigenvalue weighted by Gasteiger charge is -2.12. The fourth-order valence-corrected chi connectivity index (χ4v) is 2.12. The second-order valence-corrected chi connectivity index (χ2v) is 4.94. The van der Waals surface area contributed by atoms with Crippen molar-refractivity contribution in [2.75, 3.05) is 20.2 Å². The molecule has 0 fully saturated rings. The predicted molar refractivity (Wildman–Crippen MR) is 78.4 cm³/mol. The number of nitrogens with one attached hydrogen (secondary N) is 1. The molecule has 1 aromatic rings. The number of rotatable bonds is 7. The molecule has 0 aliphatic carbocycles. The lowest BCUT2D eigenvalue weighted by Crippen LogP contribution is -2.24. The summed E-state index contributed by atoms with van der Waals surface area (Å²) >= 11 is 0. The lowest BCUT2D eigenvalue weighted by molar-refractivity contribution is 0.411. The molecule has 0 aliphatic rings. The Hall–Kier alpha value is -1.53. The van der Waals surface area contributed by atoms with Gasteiger partial charge in [-0.25, -0.2) is 0 Å². The van der Waals surface area contributed by atoms with Gasteiger partial charge in [-0.1, -0.05) is 13.0 Å². The van der Waals surface area contributed by atoms with E-state index in [2.05, 4.69) is 37.4 Å². The van der Waals surface area contributed by atoms with Gasteiger partial charge in [-0.05, 0) is 56.0 Å². The van der Waals surface area contributed by atoms with Crippen LogP contribution in [-0.2, 0) is 6.42 Å². The maximum Gasteiger partial charge on any atom is 0.122 e. The molecule has 1 atom stereocenters. The highest BCUT2D eigenvalue weighted by Gasteiger charge is 2.06. The summed E-state index contributed by atoms with van der Waals surface area (Å²) in [5.41, 5.74) is 3.78. The standard InChI is InChI=1S/C16H24N2O/c1-5-14(10-17)11-18-7-6-15-8-13(3)16(19-4)9-12(15)2/h8-9,14,18H,5-7,11H2,1-4H3. The summed E-state index contributed by atoms with van der Waals surface area (Å²) in [5, 5.41) is 12.2. The molecule has 0 radical (unpaired) electrons. The Labute approximate surface area is 116 Å². The average Bonchev–Trinajstić information content (AvgIpc) is 2.42. The molecule has 0 saturated heterocycles. The van der Waals surface area contributed by atoms with E-state index in [4.69, 9.17) is 10.00 Å². The summed E-state index contributed by atoms with van der Waals surface area (Å²) in [7, 11) is 1.70. The number of methoxy groups -OCH3 is 1. The summed E-state index contributed by atoms with van der Waals surface area (Å²) < 4.78 is 5.32. The maximum atomic E-state index is 8.88. The average molecular weight is 260 g/mol. The molecule has 0 bridgehead atoms. The van der Waals surface area contributed by atoms with Crippen LogP contribution in [0.1, 0.15) is 30.0 Å². The van der Waals surface area contributed by atoms with E-state index in [0.717, 1.165) is 31.7 Å². The monoisotopic (exact) mass is 260 g/mol. The first-order valence-electron chi connectivity index (χ1n) is 6.86. The van der Waals surface area contributed by atoms with Crippen LogP contribution in [0.5, 0.6) is 5.75 Å². The van der Waals surface area contributed by atoms with E-state index in [9.17, 15) is 0 Å². The zero-order valence-corrected chi connectivity index (χ0v) is 12.4. The van der Waals surface area contributed by atoms with E-state index in [1.54, 1.807) is 7.11 Å². The molecular weight excluding hydrogens is 236 g/mol. The molecule has 3 nitrogen and oxygen atoms in total. The van der Waals surface area contributed by atoms with Crippen molar-refractivity contribution in [2.45, 2.75) is 33.6 Å². The number of aryl methyl sites for hydroxylation is 2. The maximum absolute atomic E-state index is 8.88. The summed E-state index contributed by atoms with van der Waals surface area (Å²) in [6.07, 6.45) is 1.89. The SMILES string of the molecule is CCC(C#N)CNCCc1cc(C)c(OC)cc1C. The fraction of sp³-hybridized carbons (Fsp3) is 0.562. The van der Waals surface area contributed by atoms with Crippen molar-refractivity contribution < 1.29 is 4.74 Å². The Balaban J connectivity index is 2.50. The van der Waals surface area contributed by atoms with Crippen molar-refractivity contribution in [3.63, 3.8) is 0 Å².